The fraction of sp³-hybridized carbons (Fsp3) is 0.882. The molecule has 4 rings (SSSR count). The minimum Gasteiger partial charge on any atom is -0.338 e. The summed E-state index contributed by atoms with van der Waals surface area (Å²) in [5.41, 5.74) is -0.552. The number of amides is 1. The topological polar surface area (TPSA) is 52.9 Å². The fourth-order valence-electron chi connectivity index (χ4n) is 5.59. The second kappa shape index (κ2) is 4.48. The van der Waals surface area contributed by atoms with Crippen LogP contribution in [0, 0.1) is 40.9 Å². The molecule has 2 bridgehead atoms. The van der Waals surface area contributed by atoms with Crippen molar-refractivity contribution in [3.8, 4) is 6.07 Å². The Morgan fingerprint density at radius 1 is 1.05 bits per heavy atom. The van der Waals surface area contributed by atoms with Crippen LogP contribution in [0.1, 0.15) is 57.8 Å². The van der Waals surface area contributed by atoms with Crippen molar-refractivity contribution in [2.24, 2.45) is 29.6 Å². The lowest BCUT2D eigenvalue weighted by molar-refractivity contribution is -0.124. The summed E-state index contributed by atoms with van der Waals surface area (Å²) in [6, 6.07) is 2.44. The molecule has 1 amide bonds. The van der Waals surface area contributed by atoms with Crippen molar-refractivity contribution in [2.75, 3.05) is 0 Å². The molecule has 0 spiro atoms. The number of hydrogen-bond acceptors (Lipinski definition) is 2. The van der Waals surface area contributed by atoms with Crippen molar-refractivity contribution >= 4 is 5.91 Å². The highest BCUT2D eigenvalue weighted by atomic mass is 16.2. The Morgan fingerprint density at radius 3 is 2.20 bits per heavy atom. The van der Waals surface area contributed by atoms with E-state index in [0.29, 0.717) is 11.8 Å². The molecule has 4 aliphatic rings. The zero-order valence-electron chi connectivity index (χ0n) is 12.1. The van der Waals surface area contributed by atoms with Crippen LogP contribution in [0.3, 0.4) is 0 Å². The van der Waals surface area contributed by atoms with Gasteiger partial charge in [-0.2, -0.15) is 5.26 Å². The molecule has 4 aliphatic carbocycles. The van der Waals surface area contributed by atoms with Crippen molar-refractivity contribution in [1.29, 1.82) is 5.26 Å². The number of fused-ring (bicyclic) bond motifs is 5. The smallest absolute Gasteiger partial charge is 0.224 e. The zero-order valence-corrected chi connectivity index (χ0v) is 12.1. The Labute approximate surface area is 121 Å². The van der Waals surface area contributed by atoms with Gasteiger partial charge < -0.3 is 5.32 Å². The number of carbonyl (C=O) groups is 1. The lowest BCUT2D eigenvalue weighted by Gasteiger charge is -2.27. The second-order valence-corrected chi connectivity index (χ2v) is 7.61. The number of nitrogens with one attached hydrogen (secondary N) is 1. The molecule has 0 radical (unpaired) electrons. The van der Waals surface area contributed by atoms with Crippen LogP contribution >= 0.6 is 0 Å². The Bertz CT molecular complexity index is 442. The molecule has 0 aromatic rings. The van der Waals surface area contributed by atoms with Crippen molar-refractivity contribution in [1.82, 2.24) is 5.32 Å². The van der Waals surface area contributed by atoms with E-state index in [0.717, 1.165) is 37.5 Å². The summed E-state index contributed by atoms with van der Waals surface area (Å²) in [5, 5.41) is 12.8. The van der Waals surface area contributed by atoms with Crippen LogP contribution in [0.15, 0.2) is 0 Å². The summed E-state index contributed by atoms with van der Waals surface area (Å²) >= 11 is 0. The van der Waals surface area contributed by atoms with Gasteiger partial charge in [0.05, 0.1) is 6.07 Å². The van der Waals surface area contributed by atoms with Gasteiger partial charge in [-0.05, 0) is 55.8 Å². The standard InChI is InChI=1S/C17H24N2O/c18-10-17(7-3-1-2-4-8-17)19-16(20)15-13-11-5-6-12(9-11)14(13)15/h11-15H,1-9H2,(H,19,20). The van der Waals surface area contributed by atoms with Gasteiger partial charge in [0.1, 0.15) is 5.54 Å². The van der Waals surface area contributed by atoms with Crippen LogP contribution in [-0.4, -0.2) is 11.4 Å². The average molecular weight is 272 g/mol. The summed E-state index contributed by atoms with van der Waals surface area (Å²) in [5.74, 6) is 3.47. The Morgan fingerprint density at radius 2 is 1.65 bits per heavy atom. The Kier molecular flexibility index (Phi) is 2.84. The van der Waals surface area contributed by atoms with Gasteiger partial charge in [-0.1, -0.05) is 25.7 Å². The van der Waals surface area contributed by atoms with Crippen LogP contribution in [0.25, 0.3) is 0 Å². The summed E-state index contributed by atoms with van der Waals surface area (Å²) in [6.45, 7) is 0. The molecule has 0 aliphatic heterocycles. The highest BCUT2D eigenvalue weighted by Crippen LogP contribution is 2.69. The lowest BCUT2D eigenvalue weighted by Crippen LogP contribution is -2.48. The van der Waals surface area contributed by atoms with Gasteiger partial charge in [0.15, 0.2) is 0 Å². The van der Waals surface area contributed by atoms with Crippen molar-refractivity contribution in [2.45, 2.75) is 63.3 Å². The molecule has 0 aromatic heterocycles. The van der Waals surface area contributed by atoms with Gasteiger partial charge in [0.2, 0.25) is 5.91 Å². The molecule has 20 heavy (non-hydrogen) atoms. The van der Waals surface area contributed by atoms with Gasteiger partial charge >= 0.3 is 0 Å². The number of nitrogens with zero attached hydrogens (tertiary/aromatic N) is 1. The Hall–Kier alpha value is -1.04. The van der Waals surface area contributed by atoms with Gasteiger partial charge in [-0.25, -0.2) is 0 Å². The molecular weight excluding hydrogens is 248 g/mol. The molecule has 3 heteroatoms. The minimum atomic E-state index is -0.552. The molecule has 0 aromatic carbocycles. The van der Waals surface area contributed by atoms with Gasteiger partial charge in [0.25, 0.3) is 0 Å². The van der Waals surface area contributed by atoms with Gasteiger partial charge in [0, 0.05) is 5.92 Å². The predicted molar refractivity (Wildman–Crippen MR) is 75.5 cm³/mol. The molecule has 4 atom stereocenters. The molecule has 4 fully saturated rings. The number of rotatable bonds is 2. The van der Waals surface area contributed by atoms with E-state index in [1.54, 1.807) is 0 Å². The van der Waals surface area contributed by atoms with Crippen molar-refractivity contribution in [3.63, 3.8) is 0 Å². The summed E-state index contributed by atoms with van der Waals surface area (Å²) in [7, 11) is 0. The predicted octanol–water partition coefficient (Wildman–Crippen LogP) is 3.01. The summed E-state index contributed by atoms with van der Waals surface area (Å²) in [4.78, 5) is 12.6. The van der Waals surface area contributed by atoms with Crippen molar-refractivity contribution < 1.29 is 4.79 Å². The molecule has 108 valence electrons. The maximum Gasteiger partial charge on any atom is 0.224 e. The maximum absolute atomic E-state index is 12.6. The number of carbonyl (C=O) groups excluding carboxylic acids is 1. The molecule has 3 nitrogen and oxygen atoms in total. The van der Waals surface area contributed by atoms with E-state index in [1.807, 2.05) is 0 Å². The van der Waals surface area contributed by atoms with Crippen molar-refractivity contribution in [3.05, 3.63) is 0 Å². The number of nitriles is 1. The van der Waals surface area contributed by atoms with E-state index in [2.05, 4.69) is 11.4 Å². The first-order chi connectivity index (χ1) is 9.74. The van der Waals surface area contributed by atoms with Crippen LogP contribution in [0.4, 0.5) is 0 Å². The maximum atomic E-state index is 12.6. The molecule has 4 unspecified atom stereocenters. The van der Waals surface area contributed by atoms with Gasteiger partial charge in [-0.15, -0.1) is 0 Å². The first kappa shape index (κ1) is 12.7. The van der Waals surface area contributed by atoms with E-state index in [1.165, 1.54) is 32.1 Å². The quantitative estimate of drug-likeness (QED) is 0.786. The molecule has 4 saturated carbocycles. The fourth-order valence-corrected chi connectivity index (χ4v) is 5.59. The molecule has 0 saturated heterocycles. The first-order valence-corrected chi connectivity index (χ1v) is 8.47. The molecular formula is C17H24N2O. The monoisotopic (exact) mass is 272 g/mol. The van der Waals surface area contributed by atoms with E-state index in [9.17, 15) is 10.1 Å². The third-order valence-corrected chi connectivity index (χ3v) is 6.57. The summed E-state index contributed by atoms with van der Waals surface area (Å²) < 4.78 is 0. The third-order valence-electron chi connectivity index (χ3n) is 6.57. The third kappa shape index (κ3) is 1.80. The highest BCUT2D eigenvalue weighted by molar-refractivity contribution is 5.84. The van der Waals surface area contributed by atoms with E-state index in [4.69, 9.17) is 0 Å². The van der Waals surface area contributed by atoms with Crippen LogP contribution in [-0.2, 0) is 4.79 Å². The molecule has 1 N–H and O–H groups in total. The van der Waals surface area contributed by atoms with Crippen LogP contribution < -0.4 is 5.32 Å². The van der Waals surface area contributed by atoms with Gasteiger partial charge in [-0.3, -0.25) is 4.79 Å². The average Bonchev–Trinajstić information content (AvgIpc) is 3.02. The largest absolute Gasteiger partial charge is 0.338 e. The molecule has 0 heterocycles. The van der Waals surface area contributed by atoms with E-state index < -0.39 is 5.54 Å². The highest BCUT2D eigenvalue weighted by Gasteiger charge is 2.67. The normalized spacial score (nSPS) is 44.2. The SMILES string of the molecule is N#CC1(NC(=O)C2C3C4CCC(C4)C23)CCCCCC1. The van der Waals surface area contributed by atoms with Crippen LogP contribution in [0.5, 0.6) is 0 Å². The second-order valence-electron chi connectivity index (χ2n) is 7.61. The minimum absolute atomic E-state index is 0.208. The first-order valence-electron chi connectivity index (χ1n) is 8.47. The zero-order chi connectivity index (χ0) is 13.7. The number of hydrogen-bond donors (Lipinski definition) is 1. The van der Waals surface area contributed by atoms with E-state index >= 15 is 0 Å². The summed E-state index contributed by atoms with van der Waals surface area (Å²) in [6.07, 6.45) is 10.3. The van der Waals surface area contributed by atoms with E-state index in [-0.39, 0.29) is 11.8 Å². The Balaban J connectivity index is 1.44. The lowest BCUT2D eigenvalue weighted by atomic mass is 9.91. The van der Waals surface area contributed by atoms with Crippen LogP contribution in [0.2, 0.25) is 0 Å².